The molecule has 3 aromatic rings. The van der Waals surface area contributed by atoms with E-state index in [0.29, 0.717) is 17.0 Å². The van der Waals surface area contributed by atoms with E-state index in [1.807, 2.05) is 37.3 Å². The fraction of sp³-hybridized carbons (Fsp3) is 0.143. The van der Waals surface area contributed by atoms with Crippen LogP contribution in [0, 0.1) is 17.0 Å². The van der Waals surface area contributed by atoms with E-state index in [2.05, 4.69) is 4.99 Å². The zero-order chi connectivity index (χ0) is 21.0. The van der Waals surface area contributed by atoms with Crippen molar-refractivity contribution in [3.63, 3.8) is 0 Å². The Kier molecular flexibility index (Phi) is 6.04. The minimum Gasteiger partial charge on any atom is -0.507 e. The van der Waals surface area contributed by atoms with Crippen molar-refractivity contribution in [3.05, 3.63) is 85.8 Å². The zero-order valence-electron chi connectivity index (χ0n) is 15.8. The first-order chi connectivity index (χ1) is 13.9. The lowest BCUT2D eigenvalue weighted by atomic mass is 10.1. The summed E-state index contributed by atoms with van der Waals surface area (Å²) in [5.74, 6) is -0.648. The van der Waals surface area contributed by atoms with Gasteiger partial charge in [0.1, 0.15) is 10.8 Å². The van der Waals surface area contributed by atoms with Crippen LogP contribution in [0.2, 0.25) is 0 Å². The fourth-order valence-electron chi connectivity index (χ4n) is 2.81. The summed E-state index contributed by atoms with van der Waals surface area (Å²) in [6.07, 6.45) is 1.95. The topological polar surface area (TPSA) is 102 Å². The van der Waals surface area contributed by atoms with Crippen molar-refractivity contribution in [2.24, 2.45) is 4.99 Å². The number of nitro benzene ring substituents is 1. The molecular formula is C21H18N2O5S. The monoisotopic (exact) mass is 410 g/mol. The van der Waals surface area contributed by atoms with E-state index in [9.17, 15) is 20.0 Å². The fourth-order valence-corrected chi connectivity index (χ4v) is 3.99. The number of non-ortho nitro benzene ring substituents is 1. The first kappa shape index (κ1) is 20.2. The molecule has 0 saturated heterocycles. The van der Waals surface area contributed by atoms with Crippen molar-refractivity contribution < 1.29 is 19.6 Å². The van der Waals surface area contributed by atoms with Gasteiger partial charge in [-0.15, -0.1) is 11.3 Å². The molecule has 0 atom stereocenters. The molecule has 8 heteroatoms. The Balaban J connectivity index is 2.01. The highest BCUT2D eigenvalue weighted by molar-refractivity contribution is 7.16. The predicted molar refractivity (Wildman–Crippen MR) is 112 cm³/mol. The number of hydrogen-bond donors (Lipinski definition) is 1. The van der Waals surface area contributed by atoms with Crippen molar-refractivity contribution in [1.82, 2.24) is 0 Å². The molecule has 0 aliphatic rings. The molecule has 0 unspecified atom stereocenters. The van der Waals surface area contributed by atoms with Gasteiger partial charge in [0.15, 0.2) is 0 Å². The molecule has 148 valence electrons. The number of carbonyl (C=O) groups excluding carboxylic acids is 1. The summed E-state index contributed by atoms with van der Waals surface area (Å²) in [6.45, 7) is 1.84. The van der Waals surface area contributed by atoms with E-state index in [1.54, 1.807) is 0 Å². The number of aliphatic imine (C=N–C) groups is 1. The van der Waals surface area contributed by atoms with Gasteiger partial charge in [-0.1, -0.05) is 30.3 Å². The Morgan fingerprint density at radius 1 is 1.28 bits per heavy atom. The van der Waals surface area contributed by atoms with E-state index < -0.39 is 10.9 Å². The van der Waals surface area contributed by atoms with Crippen molar-refractivity contribution >= 4 is 34.2 Å². The van der Waals surface area contributed by atoms with E-state index in [1.165, 1.54) is 42.9 Å². The van der Waals surface area contributed by atoms with E-state index in [4.69, 9.17) is 4.74 Å². The summed E-state index contributed by atoms with van der Waals surface area (Å²) < 4.78 is 4.90. The van der Waals surface area contributed by atoms with Crippen LogP contribution in [-0.2, 0) is 11.2 Å². The second-order valence-corrected chi connectivity index (χ2v) is 7.33. The Hall–Kier alpha value is -3.52. The number of carbonyl (C=O) groups is 1. The molecule has 7 nitrogen and oxygen atoms in total. The molecule has 1 heterocycles. The van der Waals surface area contributed by atoms with Gasteiger partial charge in [-0.2, -0.15) is 0 Å². The highest BCUT2D eigenvalue weighted by atomic mass is 32.1. The van der Waals surface area contributed by atoms with Crippen LogP contribution in [0.4, 0.5) is 10.7 Å². The number of thiophene rings is 1. The first-order valence-electron chi connectivity index (χ1n) is 8.66. The molecule has 3 rings (SSSR count). The zero-order valence-corrected chi connectivity index (χ0v) is 16.6. The molecule has 29 heavy (non-hydrogen) atoms. The van der Waals surface area contributed by atoms with Crippen LogP contribution in [0.25, 0.3) is 0 Å². The largest absolute Gasteiger partial charge is 0.507 e. The van der Waals surface area contributed by atoms with Crippen molar-refractivity contribution in [2.75, 3.05) is 7.11 Å². The lowest BCUT2D eigenvalue weighted by molar-refractivity contribution is -0.384. The third-order valence-corrected chi connectivity index (χ3v) is 5.57. The average molecular weight is 410 g/mol. The Bertz CT molecular complexity index is 1090. The van der Waals surface area contributed by atoms with Gasteiger partial charge < -0.3 is 9.84 Å². The lowest BCUT2D eigenvalue weighted by Crippen LogP contribution is -2.02. The molecule has 0 saturated carbocycles. The quantitative estimate of drug-likeness (QED) is 0.272. The molecule has 0 amide bonds. The maximum atomic E-state index is 12.3. The number of esters is 1. The Labute approximate surface area is 171 Å². The number of hydrogen-bond acceptors (Lipinski definition) is 7. The Morgan fingerprint density at radius 2 is 2.00 bits per heavy atom. The highest BCUT2D eigenvalue weighted by Gasteiger charge is 2.21. The number of benzene rings is 2. The van der Waals surface area contributed by atoms with Gasteiger partial charge in [0.25, 0.3) is 5.69 Å². The third kappa shape index (κ3) is 4.49. The predicted octanol–water partition coefficient (Wildman–Crippen LogP) is 4.80. The van der Waals surface area contributed by atoms with Crippen LogP contribution in [0.1, 0.15) is 31.9 Å². The minimum atomic E-state index is -0.552. The van der Waals surface area contributed by atoms with Crippen molar-refractivity contribution in [2.45, 2.75) is 13.3 Å². The molecule has 0 aliphatic heterocycles. The number of aromatic hydroxyl groups is 1. The standard InChI is InChI=1S/C21H18N2O5S/c1-13-18(10-14-6-4-3-5-7-14)29-20(19(13)21(25)28-2)22-12-15-11-16(23(26)27)8-9-17(15)24/h3-9,11-12,24H,10H2,1-2H3. The van der Waals surface area contributed by atoms with Gasteiger partial charge in [0.05, 0.1) is 17.6 Å². The van der Waals surface area contributed by atoms with Crippen molar-refractivity contribution in [1.29, 1.82) is 0 Å². The maximum Gasteiger partial charge on any atom is 0.341 e. The summed E-state index contributed by atoms with van der Waals surface area (Å²) in [4.78, 5) is 28.0. The molecule has 0 fully saturated rings. The number of ether oxygens (including phenoxy) is 1. The molecule has 1 N–H and O–H groups in total. The third-order valence-electron chi connectivity index (χ3n) is 4.37. The van der Waals surface area contributed by atoms with Gasteiger partial charge in [-0.3, -0.25) is 10.1 Å². The number of nitro groups is 1. The van der Waals surface area contributed by atoms with Gasteiger partial charge in [0, 0.05) is 35.2 Å². The highest BCUT2D eigenvalue weighted by Crippen LogP contribution is 2.37. The van der Waals surface area contributed by atoms with Gasteiger partial charge in [-0.05, 0) is 24.1 Å². The lowest BCUT2D eigenvalue weighted by Gasteiger charge is -2.02. The summed E-state index contributed by atoms with van der Waals surface area (Å²) >= 11 is 1.35. The molecule has 0 aliphatic carbocycles. The first-order valence-corrected chi connectivity index (χ1v) is 9.48. The number of methoxy groups -OCH3 is 1. The van der Waals surface area contributed by atoms with Crippen LogP contribution in [0.15, 0.2) is 53.5 Å². The van der Waals surface area contributed by atoms with Crippen molar-refractivity contribution in [3.8, 4) is 5.75 Å². The maximum absolute atomic E-state index is 12.3. The number of rotatable bonds is 6. The number of phenols is 1. The van der Waals surface area contributed by atoms with Gasteiger partial charge in [0.2, 0.25) is 0 Å². The van der Waals surface area contributed by atoms with Gasteiger partial charge in [-0.25, -0.2) is 9.79 Å². The van der Waals surface area contributed by atoms with Crippen LogP contribution >= 0.6 is 11.3 Å². The normalized spacial score (nSPS) is 11.0. The van der Waals surface area contributed by atoms with Crippen LogP contribution < -0.4 is 0 Å². The summed E-state index contributed by atoms with van der Waals surface area (Å²) in [5, 5.41) is 21.4. The Morgan fingerprint density at radius 3 is 2.66 bits per heavy atom. The summed E-state index contributed by atoms with van der Waals surface area (Å²) in [6, 6.07) is 13.5. The van der Waals surface area contributed by atoms with Gasteiger partial charge >= 0.3 is 5.97 Å². The summed E-state index contributed by atoms with van der Waals surface area (Å²) in [5.41, 5.74) is 2.25. The second-order valence-electron chi connectivity index (χ2n) is 6.24. The van der Waals surface area contributed by atoms with E-state index in [0.717, 1.165) is 16.0 Å². The molecule has 1 aromatic heterocycles. The van der Waals surface area contributed by atoms with Crippen LogP contribution in [0.3, 0.4) is 0 Å². The van der Waals surface area contributed by atoms with E-state index in [-0.39, 0.29) is 17.0 Å². The average Bonchev–Trinajstić information content (AvgIpc) is 3.02. The molecule has 0 spiro atoms. The molecular weight excluding hydrogens is 392 g/mol. The van der Waals surface area contributed by atoms with Crippen LogP contribution in [-0.4, -0.2) is 29.3 Å². The molecule has 0 bridgehead atoms. The second kappa shape index (κ2) is 8.66. The number of nitrogens with zero attached hydrogens (tertiary/aromatic N) is 2. The molecule has 2 aromatic carbocycles. The SMILES string of the molecule is COC(=O)c1c(N=Cc2cc([N+](=O)[O-])ccc2O)sc(Cc2ccccc2)c1C. The van der Waals surface area contributed by atoms with Crippen LogP contribution in [0.5, 0.6) is 5.75 Å². The van der Waals surface area contributed by atoms with E-state index >= 15 is 0 Å². The summed E-state index contributed by atoms with van der Waals surface area (Å²) in [7, 11) is 1.30. The minimum absolute atomic E-state index is 0.142. The smallest absolute Gasteiger partial charge is 0.341 e. The molecule has 0 radical (unpaired) electrons. The number of phenolic OH excluding ortho intramolecular Hbond substituents is 1.